The molecular weight excluding hydrogens is 250 g/mol. The Kier molecular flexibility index (Phi) is 3.78. The lowest BCUT2D eigenvalue weighted by Gasteiger charge is -2.22. The van der Waals surface area contributed by atoms with Crippen LogP contribution in [0.3, 0.4) is 0 Å². The first-order valence-corrected chi connectivity index (χ1v) is 6.84. The third-order valence-electron chi connectivity index (χ3n) is 3.82. The summed E-state index contributed by atoms with van der Waals surface area (Å²) in [4.78, 5) is 12.4. The lowest BCUT2D eigenvalue weighted by Crippen LogP contribution is -2.45. The van der Waals surface area contributed by atoms with E-state index in [1.807, 2.05) is 20.9 Å². The minimum Gasteiger partial charge on any atom is -0.305 e. The van der Waals surface area contributed by atoms with Gasteiger partial charge in [-0.05, 0) is 32.7 Å². The molecule has 0 aliphatic carbocycles. The number of halogens is 1. The van der Waals surface area contributed by atoms with Gasteiger partial charge in [0.1, 0.15) is 0 Å². The highest BCUT2D eigenvalue weighted by molar-refractivity contribution is 6.32. The number of hydrogen-bond donors (Lipinski definition) is 1. The van der Waals surface area contributed by atoms with Crippen molar-refractivity contribution in [1.29, 1.82) is 0 Å². The zero-order chi connectivity index (χ0) is 13.3. The highest BCUT2D eigenvalue weighted by Crippen LogP contribution is 2.25. The molecule has 2 rings (SSSR count). The number of ketones is 1. The molecule has 1 atom stereocenters. The van der Waals surface area contributed by atoms with E-state index in [1.165, 1.54) is 0 Å². The fourth-order valence-corrected chi connectivity index (χ4v) is 2.85. The number of nitrogens with one attached hydrogen (secondary N) is 1. The predicted molar refractivity (Wildman–Crippen MR) is 71.9 cm³/mol. The number of Topliss-reactive ketones (excluding diaryl/α,β-unsaturated/α-hetero) is 1. The minimum atomic E-state index is -0.389. The van der Waals surface area contributed by atoms with Crippen molar-refractivity contribution in [2.75, 3.05) is 6.54 Å². The average molecular weight is 270 g/mol. The molecule has 1 fully saturated rings. The molecule has 0 saturated carbocycles. The molecule has 100 valence electrons. The molecule has 1 aromatic heterocycles. The maximum atomic E-state index is 12.4. The monoisotopic (exact) mass is 269 g/mol. The van der Waals surface area contributed by atoms with Crippen molar-refractivity contribution in [2.24, 2.45) is 7.05 Å². The summed E-state index contributed by atoms with van der Waals surface area (Å²) < 4.78 is 1.73. The van der Waals surface area contributed by atoms with E-state index in [4.69, 9.17) is 11.6 Å². The molecule has 1 aromatic rings. The van der Waals surface area contributed by atoms with Crippen molar-refractivity contribution < 1.29 is 4.79 Å². The van der Waals surface area contributed by atoms with E-state index in [9.17, 15) is 4.79 Å². The standard InChI is InChI=1S/C13H20ClN3O/c1-4-9-12(14)10(17(3)16-9)8-11(18)13(2)6-5-7-15-13/h15H,4-8H2,1-3H3. The Morgan fingerprint density at radius 3 is 2.83 bits per heavy atom. The summed E-state index contributed by atoms with van der Waals surface area (Å²) in [6.45, 7) is 4.91. The van der Waals surface area contributed by atoms with Crippen LogP contribution in [0.1, 0.15) is 38.1 Å². The number of carbonyl (C=O) groups is 1. The van der Waals surface area contributed by atoms with E-state index in [-0.39, 0.29) is 11.3 Å². The van der Waals surface area contributed by atoms with Crippen LogP contribution in [0.5, 0.6) is 0 Å². The van der Waals surface area contributed by atoms with Gasteiger partial charge < -0.3 is 5.32 Å². The van der Waals surface area contributed by atoms with Crippen LogP contribution in [0.25, 0.3) is 0 Å². The molecule has 18 heavy (non-hydrogen) atoms. The first kappa shape index (κ1) is 13.6. The smallest absolute Gasteiger partial charge is 0.158 e. The van der Waals surface area contributed by atoms with Crippen LogP contribution < -0.4 is 5.32 Å². The van der Waals surface area contributed by atoms with Crippen molar-refractivity contribution in [2.45, 2.75) is 45.1 Å². The van der Waals surface area contributed by atoms with Crippen LogP contribution in [0.2, 0.25) is 5.02 Å². The Morgan fingerprint density at radius 2 is 2.33 bits per heavy atom. The van der Waals surface area contributed by atoms with Gasteiger partial charge in [-0.3, -0.25) is 9.48 Å². The summed E-state index contributed by atoms with van der Waals surface area (Å²) in [5.41, 5.74) is 1.31. The fraction of sp³-hybridized carbons (Fsp3) is 0.692. The SMILES string of the molecule is CCc1nn(C)c(CC(=O)C2(C)CCCN2)c1Cl. The first-order valence-electron chi connectivity index (χ1n) is 6.46. The first-order chi connectivity index (χ1) is 8.48. The second-order valence-corrected chi connectivity index (χ2v) is 5.52. The topological polar surface area (TPSA) is 46.9 Å². The van der Waals surface area contributed by atoms with E-state index >= 15 is 0 Å². The second kappa shape index (κ2) is 5.02. The highest BCUT2D eigenvalue weighted by atomic mass is 35.5. The average Bonchev–Trinajstić information content (AvgIpc) is 2.89. The van der Waals surface area contributed by atoms with Crippen LogP contribution in [-0.4, -0.2) is 27.6 Å². The molecule has 1 N–H and O–H groups in total. The molecule has 1 aliphatic heterocycles. The van der Waals surface area contributed by atoms with Crippen LogP contribution in [0.15, 0.2) is 0 Å². The molecule has 1 saturated heterocycles. The van der Waals surface area contributed by atoms with Gasteiger partial charge in [-0.15, -0.1) is 0 Å². The Hall–Kier alpha value is -0.870. The van der Waals surface area contributed by atoms with Gasteiger partial charge in [0.2, 0.25) is 0 Å². The Labute approximate surface area is 113 Å². The number of nitrogens with zero attached hydrogens (tertiary/aromatic N) is 2. The lowest BCUT2D eigenvalue weighted by molar-refractivity contribution is -0.123. The van der Waals surface area contributed by atoms with Gasteiger partial charge in [-0.1, -0.05) is 18.5 Å². The van der Waals surface area contributed by atoms with Crippen molar-refractivity contribution in [3.63, 3.8) is 0 Å². The van der Waals surface area contributed by atoms with Crippen molar-refractivity contribution in [3.8, 4) is 0 Å². The van der Waals surface area contributed by atoms with Gasteiger partial charge in [0.25, 0.3) is 0 Å². The van der Waals surface area contributed by atoms with Crippen LogP contribution in [0, 0.1) is 0 Å². The van der Waals surface area contributed by atoms with Crippen molar-refractivity contribution >= 4 is 17.4 Å². The van der Waals surface area contributed by atoms with Gasteiger partial charge in [-0.25, -0.2) is 0 Å². The molecule has 1 aliphatic rings. The summed E-state index contributed by atoms with van der Waals surface area (Å²) >= 11 is 6.27. The largest absolute Gasteiger partial charge is 0.305 e. The summed E-state index contributed by atoms with van der Waals surface area (Å²) in [7, 11) is 1.85. The maximum Gasteiger partial charge on any atom is 0.158 e. The number of aryl methyl sites for hydroxylation is 2. The summed E-state index contributed by atoms with van der Waals surface area (Å²) in [5, 5.41) is 8.28. The molecule has 4 nitrogen and oxygen atoms in total. The van der Waals surface area contributed by atoms with Gasteiger partial charge in [-0.2, -0.15) is 5.10 Å². The Balaban J connectivity index is 2.19. The normalized spacial score (nSPS) is 23.6. The van der Waals surface area contributed by atoms with Crippen molar-refractivity contribution in [3.05, 3.63) is 16.4 Å². The van der Waals surface area contributed by atoms with E-state index in [0.717, 1.165) is 37.2 Å². The number of rotatable bonds is 4. The Morgan fingerprint density at radius 1 is 1.61 bits per heavy atom. The molecule has 0 aromatic carbocycles. The quantitative estimate of drug-likeness (QED) is 0.908. The number of hydrogen-bond acceptors (Lipinski definition) is 3. The summed E-state index contributed by atoms with van der Waals surface area (Å²) in [6, 6.07) is 0. The third-order valence-corrected chi connectivity index (χ3v) is 4.25. The lowest BCUT2D eigenvalue weighted by atomic mass is 9.91. The van der Waals surface area contributed by atoms with E-state index in [2.05, 4.69) is 10.4 Å². The molecule has 2 heterocycles. The molecule has 0 spiro atoms. The second-order valence-electron chi connectivity index (χ2n) is 5.15. The molecular formula is C13H20ClN3O. The van der Waals surface area contributed by atoms with Crippen LogP contribution >= 0.6 is 11.6 Å². The van der Waals surface area contributed by atoms with Crippen LogP contribution in [0.4, 0.5) is 0 Å². The van der Waals surface area contributed by atoms with Crippen molar-refractivity contribution in [1.82, 2.24) is 15.1 Å². The predicted octanol–water partition coefficient (Wildman–Crippen LogP) is 1.89. The Bertz CT molecular complexity index is 461. The summed E-state index contributed by atoms with van der Waals surface area (Å²) in [5.74, 6) is 0.201. The molecule has 5 heteroatoms. The number of carbonyl (C=O) groups excluding carboxylic acids is 1. The van der Waals surface area contributed by atoms with Gasteiger partial charge >= 0.3 is 0 Å². The highest BCUT2D eigenvalue weighted by Gasteiger charge is 2.36. The van der Waals surface area contributed by atoms with E-state index in [1.54, 1.807) is 4.68 Å². The third kappa shape index (κ3) is 2.31. The summed E-state index contributed by atoms with van der Waals surface area (Å²) in [6.07, 6.45) is 3.10. The zero-order valence-electron chi connectivity index (χ0n) is 11.2. The fourth-order valence-electron chi connectivity index (χ4n) is 2.49. The van der Waals surface area contributed by atoms with Gasteiger partial charge in [0.05, 0.1) is 28.4 Å². The molecule has 0 radical (unpaired) electrons. The molecule has 0 amide bonds. The molecule has 1 unspecified atom stereocenters. The number of aromatic nitrogens is 2. The van der Waals surface area contributed by atoms with Gasteiger partial charge in [0, 0.05) is 7.05 Å². The maximum absolute atomic E-state index is 12.4. The minimum absolute atomic E-state index is 0.201. The van der Waals surface area contributed by atoms with E-state index < -0.39 is 0 Å². The van der Waals surface area contributed by atoms with Crippen LogP contribution in [-0.2, 0) is 24.7 Å². The van der Waals surface area contributed by atoms with Gasteiger partial charge in [0.15, 0.2) is 5.78 Å². The molecule has 0 bridgehead atoms. The zero-order valence-corrected chi connectivity index (χ0v) is 12.0. The van der Waals surface area contributed by atoms with E-state index in [0.29, 0.717) is 11.4 Å².